The van der Waals surface area contributed by atoms with E-state index >= 15 is 0 Å². The van der Waals surface area contributed by atoms with Gasteiger partial charge in [-0.05, 0) is 58.1 Å². The number of nitrogen functional groups attached to an aromatic ring is 1. The maximum Gasteiger partial charge on any atom is 0.211 e. The molecule has 0 fully saturated rings. The highest BCUT2D eigenvalue weighted by Gasteiger charge is 2.22. The first-order chi connectivity index (χ1) is 13.0. The van der Waals surface area contributed by atoms with E-state index in [4.69, 9.17) is 15.5 Å². The van der Waals surface area contributed by atoms with Gasteiger partial charge >= 0.3 is 0 Å². The van der Waals surface area contributed by atoms with Crippen LogP contribution in [-0.2, 0) is 40.8 Å². The Morgan fingerprint density at radius 2 is 2.00 bits per heavy atom. The summed E-state index contributed by atoms with van der Waals surface area (Å²) in [6, 6.07) is 0. The van der Waals surface area contributed by atoms with Gasteiger partial charge in [-0.3, -0.25) is 0 Å². The third-order valence-electron chi connectivity index (χ3n) is 5.06. The Morgan fingerprint density at radius 1 is 1.22 bits per heavy atom. The standard InChI is InChI=1S/C18H29N5O3S/c1-3-26-12-15-22-16-17(13-8-4-5-9-14(13)21-18(16)19)23(15)10-6-7-11-27(24,25)20-2/h20H,3-12H2,1-2H3,(H2,19,21). The summed E-state index contributed by atoms with van der Waals surface area (Å²) in [5, 5.41) is 0. The second-order valence-corrected chi connectivity index (χ2v) is 8.92. The van der Waals surface area contributed by atoms with Crippen molar-refractivity contribution in [1.82, 2.24) is 19.3 Å². The lowest BCUT2D eigenvalue weighted by Gasteiger charge is -2.18. The molecule has 9 heteroatoms. The molecule has 2 aromatic heterocycles. The zero-order valence-corrected chi connectivity index (χ0v) is 16.9. The Bertz CT molecular complexity index is 908. The van der Waals surface area contributed by atoms with Gasteiger partial charge in [0.15, 0.2) is 5.82 Å². The summed E-state index contributed by atoms with van der Waals surface area (Å²) in [4.78, 5) is 9.31. The second-order valence-electron chi connectivity index (χ2n) is 6.87. The van der Waals surface area contributed by atoms with Crippen molar-refractivity contribution in [3.63, 3.8) is 0 Å². The van der Waals surface area contributed by atoms with Crippen LogP contribution >= 0.6 is 0 Å². The number of nitrogens with one attached hydrogen (secondary N) is 1. The Hall–Kier alpha value is -1.71. The number of imidazole rings is 1. The molecule has 0 saturated carbocycles. The molecule has 2 aromatic rings. The maximum atomic E-state index is 11.6. The van der Waals surface area contributed by atoms with Crippen molar-refractivity contribution < 1.29 is 13.2 Å². The van der Waals surface area contributed by atoms with Crippen molar-refractivity contribution >= 4 is 26.9 Å². The van der Waals surface area contributed by atoms with E-state index in [2.05, 4.69) is 14.3 Å². The molecule has 1 aliphatic carbocycles. The Labute approximate surface area is 160 Å². The SMILES string of the molecule is CCOCc1nc2c(N)nc3c(c2n1CCCCS(=O)(=O)NC)CCCC3. The van der Waals surface area contributed by atoms with Gasteiger partial charge < -0.3 is 15.0 Å². The van der Waals surface area contributed by atoms with Crippen molar-refractivity contribution in [2.45, 2.75) is 58.6 Å². The zero-order valence-electron chi connectivity index (χ0n) is 16.1. The summed E-state index contributed by atoms with van der Waals surface area (Å²) in [5.74, 6) is 1.43. The number of nitrogens with zero attached hydrogens (tertiary/aromatic N) is 3. The van der Waals surface area contributed by atoms with Gasteiger partial charge in [-0.1, -0.05) is 0 Å². The highest BCUT2D eigenvalue weighted by Crippen LogP contribution is 2.32. The van der Waals surface area contributed by atoms with Gasteiger partial charge in [-0.15, -0.1) is 0 Å². The minimum Gasteiger partial charge on any atom is -0.382 e. The summed E-state index contributed by atoms with van der Waals surface area (Å²) in [7, 11) is -1.73. The van der Waals surface area contributed by atoms with E-state index in [1.165, 1.54) is 12.6 Å². The molecule has 0 aliphatic heterocycles. The van der Waals surface area contributed by atoms with E-state index < -0.39 is 10.0 Å². The van der Waals surface area contributed by atoms with Crippen molar-refractivity contribution in [2.24, 2.45) is 0 Å². The Kier molecular flexibility index (Phi) is 6.33. The predicted octanol–water partition coefficient (Wildman–Crippen LogP) is 1.76. The fourth-order valence-electron chi connectivity index (χ4n) is 3.66. The number of hydrogen-bond donors (Lipinski definition) is 2. The van der Waals surface area contributed by atoms with E-state index in [9.17, 15) is 8.42 Å². The Balaban J connectivity index is 1.93. The van der Waals surface area contributed by atoms with Gasteiger partial charge in [0.1, 0.15) is 17.9 Å². The van der Waals surface area contributed by atoms with Crippen LogP contribution in [-0.4, -0.2) is 42.4 Å². The minimum atomic E-state index is -3.18. The average Bonchev–Trinajstić information content (AvgIpc) is 3.03. The topological polar surface area (TPSA) is 112 Å². The van der Waals surface area contributed by atoms with Gasteiger partial charge in [0.25, 0.3) is 0 Å². The van der Waals surface area contributed by atoms with E-state index in [1.807, 2.05) is 6.92 Å². The summed E-state index contributed by atoms with van der Waals surface area (Å²) in [6.45, 7) is 3.66. The first kappa shape index (κ1) is 20.0. The molecule has 0 spiro atoms. The van der Waals surface area contributed by atoms with Crippen LogP contribution in [0.15, 0.2) is 0 Å². The normalized spacial score (nSPS) is 14.6. The van der Waals surface area contributed by atoms with Crippen LogP contribution in [0.4, 0.5) is 5.82 Å². The molecule has 8 nitrogen and oxygen atoms in total. The lowest BCUT2D eigenvalue weighted by Crippen LogP contribution is -2.22. The van der Waals surface area contributed by atoms with E-state index in [0.717, 1.165) is 54.7 Å². The smallest absolute Gasteiger partial charge is 0.211 e. The number of aryl methyl sites for hydroxylation is 3. The van der Waals surface area contributed by atoms with E-state index in [1.54, 1.807) is 0 Å². The molecule has 3 N–H and O–H groups in total. The van der Waals surface area contributed by atoms with Gasteiger partial charge in [-0.2, -0.15) is 0 Å². The molecule has 0 bridgehead atoms. The number of sulfonamides is 1. The number of ether oxygens (including phenoxy) is 1. The number of unbranched alkanes of at least 4 members (excludes halogenated alkanes) is 1. The van der Waals surface area contributed by atoms with Gasteiger partial charge in [0.2, 0.25) is 10.0 Å². The lowest BCUT2D eigenvalue weighted by atomic mass is 9.95. The molecule has 1 aliphatic rings. The molecular weight excluding hydrogens is 366 g/mol. The molecule has 0 radical (unpaired) electrons. The number of nitrogens with two attached hydrogens (primary N) is 1. The average molecular weight is 396 g/mol. The number of hydrogen-bond acceptors (Lipinski definition) is 6. The highest BCUT2D eigenvalue weighted by molar-refractivity contribution is 7.89. The largest absolute Gasteiger partial charge is 0.382 e. The third-order valence-corrected chi connectivity index (χ3v) is 6.51. The van der Waals surface area contributed by atoms with Gasteiger partial charge in [0, 0.05) is 18.8 Å². The summed E-state index contributed by atoms with van der Waals surface area (Å²) < 4.78 is 33.4. The highest BCUT2D eigenvalue weighted by atomic mass is 32.2. The predicted molar refractivity (Wildman–Crippen MR) is 106 cm³/mol. The monoisotopic (exact) mass is 395 g/mol. The molecule has 0 unspecified atom stereocenters. The lowest BCUT2D eigenvalue weighted by molar-refractivity contribution is 0.126. The molecule has 0 saturated heterocycles. The second kappa shape index (κ2) is 8.53. The molecule has 3 rings (SSSR count). The molecule has 2 heterocycles. The quantitative estimate of drug-likeness (QED) is 0.626. The number of fused-ring (bicyclic) bond motifs is 3. The molecule has 0 atom stereocenters. The first-order valence-electron chi connectivity index (χ1n) is 9.62. The van der Waals surface area contributed by atoms with Gasteiger partial charge in [-0.25, -0.2) is 23.1 Å². The number of aromatic nitrogens is 3. The fraction of sp³-hybridized carbons (Fsp3) is 0.667. The first-order valence-corrected chi connectivity index (χ1v) is 11.3. The van der Waals surface area contributed by atoms with Crippen LogP contribution in [0, 0.1) is 0 Å². The number of rotatable bonds is 9. The van der Waals surface area contributed by atoms with Crippen LogP contribution < -0.4 is 10.5 Å². The summed E-state index contributed by atoms with van der Waals surface area (Å²) in [5.41, 5.74) is 10.3. The third kappa shape index (κ3) is 4.41. The minimum absolute atomic E-state index is 0.124. The number of pyridine rings is 1. The molecule has 150 valence electrons. The van der Waals surface area contributed by atoms with Crippen LogP contribution in [0.5, 0.6) is 0 Å². The maximum absolute atomic E-state index is 11.6. The van der Waals surface area contributed by atoms with Crippen LogP contribution in [0.1, 0.15) is 49.7 Å². The molecule has 0 amide bonds. The molecular formula is C18H29N5O3S. The molecule has 27 heavy (non-hydrogen) atoms. The number of anilines is 1. The zero-order chi connectivity index (χ0) is 19.4. The van der Waals surface area contributed by atoms with Crippen molar-refractivity contribution in [3.8, 4) is 0 Å². The van der Waals surface area contributed by atoms with E-state index in [0.29, 0.717) is 32.0 Å². The summed E-state index contributed by atoms with van der Waals surface area (Å²) in [6.07, 6.45) is 5.52. The Morgan fingerprint density at radius 3 is 2.74 bits per heavy atom. The van der Waals surface area contributed by atoms with Crippen molar-refractivity contribution in [3.05, 3.63) is 17.1 Å². The fourth-order valence-corrected chi connectivity index (χ4v) is 4.45. The molecule has 0 aromatic carbocycles. The van der Waals surface area contributed by atoms with Crippen LogP contribution in [0.2, 0.25) is 0 Å². The van der Waals surface area contributed by atoms with Crippen LogP contribution in [0.3, 0.4) is 0 Å². The summed E-state index contributed by atoms with van der Waals surface area (Å²) >= 11 is 0. The van der Waals surface area contributed by atoms with Crippen molar-refractivity contribution in [1.29, 1.82) is 0 Å². The van der Waals surface area contributed by atoms with E-state index in [-0.39, 0.29) is 5.75 Å². The van der Waals surface area contributed by atoms with Gasteiger partial charge in [0.05, 0.1) is 11.3 Å². The van der Waals surface area contributed by atoms with Crippen molar-refractivity contribution in [2.75, 3.05) is 25.1 Å². The van der Waals surface area contributed by atoms with Crippen LogP contribution in [0.25, 0.3) is 11.0 Å².